The predicted molar refractivity (Wildman–Crippen MR) is 142 cm³/mol. The molecule has 4 fully saturated rings. The SMILES string of the molecule is COC1[C@H](O)C(CO)O[C@@H](OC2C(O)[C@H](OC3[C@H](O)C(C)OC(CO[C@@H]4OC(CO)[C@@H](O)[C@H](O)C4O)[C@H]3O)OC(CO)[C@H]2O)[C@H]1O. The summed E-state index contributed by atoms with van der Waals surface area (Å²) < 4.78 is 43.8. The van der Waals surface area contributed by atoms with Gasteiger partial charge in [0.25, 0.3) is 0 Å². The minimum absolute atomic E-state index is 0.520. The summed E-state index contributed by atoms with van der Waals surface area (Å²) in [4.78, 5) is 0. The molecule has 20 atom stereocenters. The quantitative estimate of drug-likeness (QED) is 0.0965. The summed E-state index contributed by atoms with van der Waals surface area (Å²) in [5.74, 6) is 0. The van der Waals surface area contributed by atoms with Crippen LogP contribution >= 0.6 is 0 Å². The number of aliphatic hydroxyl groups is 12. The maximum Gasteiger partial charge on any atom is 0.187 e. The van der Waals surface area contributed by atoms with Crippen LogP contribution in [0.15, 0.2) is 0 Å². The molecule has 0 radical (unpaired) electrons. The Bertz CT molecular complexity index is 932. The lowest BCUT2D eigenvalue weighted by Gasteiger charge is -2.48. The second-order valence-corrected chi connectivity index (χ2v) is 11.7. The van der Waals surface area contributed by atoms with Gasteiger partial charge in [-0.25, -0.2) is 0 Å². The molecule has 0 aromatic heterocycles. The Hall–Kier alpha value is -0.800. The number of aliphatic hydroxyl groups excluding tert-OH is 12. The van der Waals surface area contributed by atoms with Crippen molar-refractivity contribution in [2.75, 3.05) is 33.5 Å². The summed E-state index contributed by atoms with van der Waals surface area (Å²) in [6.45, 7) is -1.30. The highest BCUT2D eigenvalue weighted by Crippen LogP contribution is 2.33. The average molecular weight is 679 g/mol. The van der Waals surface area contributed by atoms with Gasteiger partial charge in [-0.05, 0) is 6.92 Å². The van der Waals surface area contributed by atoms with Crippen LogP contribution in [0.2, 0.25) is 0 Å². The summed E-state index contributed by atoms with van der Waals surface area (Å²) in [7, 11) is 1.19. The lowest BCUT2D eigenvalue weighted by molar-refractivity contribution is -0.375. The van der Waals surface area contributed by atoms with Gasteiger partial charge in [-0.3, -0.25) is 0 Å². The highest BCUT2D eigenvalue weighted by atomic mass is 16.7. The van der Waals surface area contributed by atoms with Crippen LogP contribution in [0.1, 0.15) is 6.92 Å². The van der Waals surface area contributed by atoms with Gasteiger partial charge < -0.3 is 99.2 Å². The zero-order valence-electron chi connectivity index (χ0n) is 25.0. The molecule has 0 bridgehead atoms. The van der Waals surface area contributed by atoms with E-state index in [2.05, 4.69) is 0 Å². The monoisotopic (exact) mass is 678 g/mol. The van der Waals surface area contributed by atoms with E-state index < -0.39 is 149 Å². The van der Waals surface area contributed by atoms with Crippen molar-refractivity contribution < 1.29 is 99.2 Å². The summed E-state index contributed by atoms with van der Waals surface area (Å²) >= 11 is 0. The minimum atomic E-state index is -1.91. The molecule has 4 heterocycles. The van der Waals surface area contributed by atoms with Gasteiger partial charge in [0.2, 0.25) is 0 Å². The third-order valence-electron chi connectivity index (χ3n) is 8.70. The van der Waals surface area contributed by atoms with E-state index in [-0.39, 0.29) is 0 Å². The molecular formula is C26H46O20. The van der Waals surface area contributed by atoms with Gasteiger partial charge in [-0.1, -0.05) is 0 Å². The van der Waals surface area contributed by atoms with Crippen LogP contribution in [-0.4, -0.2) is 217 Å². The van der Waals surface area contributed by atoms with Crippen molar-refractivity contribution in [3.63, 3.8) is 0 Å². The molecule has 0 aromatic rings. The number of ether oxygens (including phenoxy) is 8. The van der Waals surface area contributed by atoms with Crippen molar-refractivity contribution in [3.05, 3.63) is 0 Å². The molecule has 4 rings (SSSR count). The van der Waals surface area contributed by atoms with E-state index in [9.17, 15) is 61.3 Å². The van der Waals surface area contributed by atoms with E-state index in [0.717, 1.165) is 0 Å². The molecule has 12 N–H and O–H groups in total. The van der Waals surface area contributed by atoms with E-state index in [4.69, 9.17) is 37.9 Å². The number of rotatable bonds is 11. The molecule has 20 nitrogen and oxygen atoms in total. The van der Waals surface area contributed by atoms with Crippen LogP contribution in [-0.2, 0) is 37.9 Å². The van der Waals surface area contributed by atoms with Gasteiger partial charge in [0.15, 0.2) is 18.9 Å². The van der Waals surface area contributed by atoms with Crippen LogP contribution in [0.4, 0.5) is 0 Å². The average Bonchev–Trinajstić information content (AvgIpc) is 3.04. The lowest BCUT2D eigenvalue weighted by Crippen LogP contribution is -2.67. The Morgan fingerprint density at radius 3 is 1.41 bits per heavy atom. The van der Waals surface area contributed by atoms with E-state index in [1.807, 2.05) is 0 Å². The van der Waals surface area contributed by atoms with Crippen LogP contribution in [0.5, 0.6) is 0 Å². The van der Waals surface area contributed by atoms with E-state index in [0.29, 0.717) is 0 Å². The van der Waals surface area contributed by atoms with E-state index in [1.165, 1.54) is 14.0 Å². The second kappa shape index (κ2) is 16.3. The summed E-state index contributed by atoms with van der Waals surface area (Å²) in [6, 6.07) is 0. The van der Waals surface area contributed by atoms with Crippen molar-refractivity contribution in [1.29, 1.82) is 0 Å². The van der Waals surface area contributed by atoms with Crippen molar-refractivity contribution >= 4 is 0 Å². The third kappa shape index (κ3) is 7.66. The van der Waals surface area contributed by atoms with E-state index in [1.54, 1.807) is 0 Å². The maximum absolute atomic E-state index is 11.1. The van der Waals surface area contributed by atoms with Gasteiger partial charge in [-0.15, -0.1) is 0 Å². The van der Waals surface area contributed by atoms with Gasteiger partial charge in [0.05, 0.1) is 32.5 Å². The largest absolute Gasteiger partial charge is 0.394 e. The highest BCUT2D eigenvalue weighted by Gasteiger charge is 2.54. The molecular weight excluding hydrogens is 632 g/mol. The number of hydrogen-bond acceptors (Lipinski definition) is 20. The zero-order chi connectivity index (χ0) is 34.0. The first kappa shape index (κ1) is 38.0. The molecule has 4 saturated heterocycles. The Morgan fingerprint density at radius 1 is 0.457 bits per heavy atom. The van der Waals surface area contributed by atoms with E-state index >= 15 is 0 Å². The number of methoxy groups -OCH3 is 1. The van der Waals surface area contributed by atoms with Gasteiger partial charge >= 0.3 is 0 Å². The minimum Gasteiger partial charge on any atom is -0.394 e. The Kier molecular flexibility index (Phi) is 13.4. The van der Waals surface area contributed by atoms with Crippen molar-refractivity contribution in [2.45, 2.75) is 130 Å². The molecule has 20 heteroatoms. The first-order chi connectivity index (χ1) is 21.8. The molecule has 4 aliphatic rings. The fourth-order valence-corrected chi connectivity index (χ4v) is 5.89. The van der Waals surface area contributed by atoms with Crippen LogP contribution in [0.25, 0.3) is 0 Å². The molecule has 46 heavy (non-hydrogen) atoms. The molecule has 0 aliphatic carbocycles. The van der Waals surface area contributed by atoms with Crippen LogP contribution in [0.3, 0.4) is 0 Å². The summed E-state index contributed by atoms with van der Waals surface area (Å²) in [6.07, 6.45) is -30.9. The van der Waals surface area contributed by atoms with Gasteiger partial charge in [0.1, 0.15) is 97.7 Å². The fourth-order valence-electron chi connectivity index (χ4n) is 5.89. The van der Waals surface area contributed by atoms with Crippen molar-refractivity contribution in [1.82, 2.24) is 0 Å². The van der Waals surface area contributed by atoms with Gasteiger partial charge in [0, 0.05) is 7.11 Å². The molecule has 0 aromatic carbocycles. The normalized spacial score (nSPS) is 52.0. The second-order valence-electron chi connectivity index (χ2n) is 11.7. The Balaban J connectivity index is 1.46. The fraction of sp³-hybridized carbons (Fsp3) is 1.00. The van der Waals surface area contributed by atoms with Crippen LogP contribution in [0, 0.1) is 0 Å². The summed E-state index contributed by atoms with van der Waals surface area (Å²) in [5.41, 5.74) is 0. The third-order valence-corrected chi connectivity index (χ3v) is 8.70. The maximum atomic E-state index is 11.1. The molecule has 0 amide bonds. The first-order valence-electron chi connectivity index (χ1n) is 14.8. The predicted octanol–water partition coefficient (Wildman–Crippen LogP) is -8.02. The Labute approximate surface area is 262 Å². The van der Waals surface area contributed by atoms with Crippen molar-refractivity contribution in [3.8, 4) is 0 Å². The molecule has 4 aliphatic heterocycles. The summed E-state index contributed by atoms with van der Waals surface area (Å²) in [5, 5.41) is 124. The number of hydrogen-bond donors (Lipinski definition) is 12. The first-order valence-corrected chi connectivity index (χ1v) is 14.8. The highest BCUT2D eigenvalue weighted by molar-refractivity contribution is 4.97. The van der Waals surface area contributed by atoms with Crippen molar-refractivity contribution in [2.24, 2.45) is 0 Å². The standard InChI is InChI=1S/C26H46O20/c1-7-12(30)22(16(34)11(41-7)6-40-24-18(36)17(35)13(31)8(3-27)42-24)45-26-20(38)23(15(33)10(5-29)44-26)46-25-19(37)21(39-2)14(32)9(4-28)43-25/h7-38H,3-6H2,1-2H3/t7?,8?,9?,10?,11?,12-,13-,14-,15-,16-,17+,18?,19+,20?,21?,22?,23?,24-,25+,26+/m1/s1. The molecule has 0 spiro atoms. The molecule has 10 unspecified atom stereocenters. The Morgan fingerprint density at radius 2 is 0.891 bits per heavy atom. The topological polar surface area (TPSA) is 317 Å². The zero-order valence-corrected chi connectivity index (χ0v) is 25.0. The molecule has 0 saturated carbocycles. The lowest BCUT2D eigenvalue weighted by atomic mass is 9.94. The van der Waals surface area contributed by atoms with Gasteiger partial charge in [-0.2, -0.15) is 0 Å². The molecule has 270 valence electrons. The smallest absolute Gasteiger partial charge is 0.187 e. The van der Waals surface area contributed by atoms with Crippen LogP contribution < -0.4 is 0 Å².